The van der Waals surface area contributed by atoms with Crippen LogP contribution in [-0.2, 0) is 16.0 Å². The topological polar surface area (TPSA) is 91.5 Å². The predicted molar refractivity (Wildman–Crippen MR) is 103 cm³/mol. The van der Waals surface area contributed by atoms with Gasteiger partial charge in [-0.3, -0.25) is 9.59 Å². The molecule has 2 amide bonds. The van der Waals surface area contributed by atoms with Gasteiger partial charge in [0.2, 0.25) is 5.91 Å². The summed E-state index contributed by atoms with van der Waals surface area (Å²) in [6.45, 7) is 3.23. The summed E-state index contributed by atoms with van der Waals surface area (Å²) >= 11 is 0. The van der Waals surface area contributed by atoms with E-state index in [1.54, 1.807) is 11.0 Å². The number of hydrogen-bond donors (Lipinski definition) is 2. The fourth-order valence-corrected chi connectivity index (χ4v) is 3.63. The molecular weight excluding hydrogens is 346 g/mol. The summed E-state index contributed by atoms with van der Waals surface area (Å²) in [5.41, 5.74) is 0.985. The monoisotopic (exact) mass is 371 g/mol. The van der Waals surface area contributed by atoms with Crippen molar-refractivity contribution in [2.24, 2.45) is 5.92 Å². The summed E-state index contributed by atoms with van der Waals surface area (Å²) in [5, 5.41) is 3.91. The molecule has 1 aromatic carbocycles. The van der Waals surface area contributed by atoms with Gasteiger partial charge in [0.25, 0.3) is 5.56 Å². The van der Waals surface area contributed by atoms with Crippen LogP contribution < -0.4 is 10.9 Å². The Morgan fingerprint density at radius 3 is 2.70 bits per heavy atom. The Labute approximate surface area is 157 Å². The number of aromatic amines is 1. The third kappa shape index (κ3) is 4.48. The van der Waals surface area contributed by atoms with E-state index in [0.717, 1.165) is 23.7 Å². The van der Waals surface area contributed by atoms with Gasteiger partial charge >= 0.3 is 6.09 Å². The zero-order valence-corrected chi connectivity index (χ0v) is 15.7. The fraction of sp³-hybridized carbons (Fsp3) is 0.450. The number of carbonyl (C=O) groups is 2. The number of H-pyrrole nitrogens is 1. The van der Waals surface area contributed by atoms with E-state index in [0.29, 0.717) is 24.6 Å². The number of likely N-dealkylation sites (tertiary alicyclic amines) is 1. The summed E-state index contributed by atoms with van der Waals surface area (Å²) in [6.07, 6.45) is 1.37. The molecule has 2 heterocycles. The van der Waals surface area contributed by atoms with Crippen LogP contribution in [0.25, 0.3) is 10.9 Å². The first-order valence-corrected chi connectivity index (χ1v) is 9.21. The number of methoxy groups -OCH3 is 1. The lowest BCUT2D eigenvalue weighted by Crippen LogP contribution is -2.46. The third-order valence-electron chi connectivity index (χ3n) is 5.25. The van der Waals surface area contributed by atoms with Gasteiger partial charge in [-0.05, 0) is 43.2 Å². The Morgan fingerprint density at radius 1 is 1.30 bits per heavy atom. The Morgan fingerprint density at radius 2 is 2.00 bits per heavy atom. The number of carbonyl (C=O) groups excluding carboxylic acids is 2. The van der Waals surface area contributed by atoms with Gasteiger partial charge in [-0.15, -0.1) is 0 Å². The van der Waals surface area contributed by atoms with E-state index in [1.807, 2.05) is 31.2 Å². The average Bonchev–Trinajstić information content (AvgIpc) is 2.68. The maximum atomic E-state index is 12.4. The van der Waals surface area contributed by atoms with E-state index in [1.165, 1.54) is 7.11 Å². The van der Waals surface area contributed by atoms with Crippen molar-refractivity contribution in [3.8, 4) is 0 Å². The van der Waals surface area contributed by atoms with Gasteiger partial charge in [-0.1, -0.05) is 18.2 Å². The maximum absolute atomic E-state index is 12.4. The second kappa shape index (κ2) is 8.24. The maximum Gasteiger partial charge on any atom is 0.409 e. The molecule has 2 N–H and O–H groups in total. The molecule has 0 radical (unpaired) electrons. The van der Waals surface area contributed by atoms with Crippen molar-refractivity contribution in [1.29, 1.82) is 0 Å². The number of para-hydroxylation sites is 1. The largest absolute Gasteiger partial charge is 0.453 e. The molecular formula is C20H25N3O4. The van der Waals surface area contributed by atoms with E-state index in [9.17, 15) is 14.4 Å². The molecule has 1 atom stereocenters. The van der Waals surface area contributed by atoms with Crippen LogP contribution in [-0.4, -0.2) is 48.1 Å². The van der Waals surface area contributed by atoms with E-state index in [4.69, 9.17) is 4.74 Å². The normalized spacial score (nSPS) is 16.1. The third-order valence-corrected chi connectivity index (χ3v) is 5.25. The second-order valence-corrected chi connectivity index (χ2v) is 7.04. The van der Waals surface area contributed by atoms with Crippen molar-refractivity contribution in [3.05, 3.63) is 46.2 Å². The van der Waals surface area contributed by atoms with Crippen LogP contribution in [0.15, 0.2) is 35.1 Å². The van der Waals surface area contributed by atoms with Gasteiger partial charge in [-0.25, -0.2) is 4.79 Å². The molecule has 1 fully saturated rings. The number of nitrogens with one attached hydrogen (secondary N) is 2. The van der Waals surface area contributed by atoms with Crippen LogP contribution in [0.1, 0.15) is 25.3 Å². The van der Waals surface area contributed by atoms with E-state index in [2.05, 4.69) is 10.3 Å². The minimum absolute atomic E-state index is 0.0168. The Hall–Kier alpha value is -2.83. The lowest BCUT2D eigenvalue weighted by Gasteiger charge is -2.34. The summed E-state index contributed by atoms with van der Waals surface area (Å²) < 4.78 is 4.74. The van der Waals surface area contributed by atoms with Gasteiger partial charge < -0.3 is 19.9 Å². The zero-order valence-electron chi connectivity index (χ0n) is 15.7. The number of benzene rings is 1. The molecule has 0 saturated carbocycles. The molecule has 7 heteroatoms. The highest BCUT2D eigenvalue weighted by molar-refractivity contribution is 5.82. The van der Waals surface area contributed by atoms with Crippen molar-refractivity contribution in [1.82, 2.24) is 15.2 Å². The number of nitrogens with zero attached hydrogens (tertiary/aromatic N) is 1. The Balaban J connectivity index is 1.57. The number of rotatable bonds is 4. The Kier molecular flexibility index (Phi) is 5.78. The van der Waals surface area contributed by atoms with Crippen molar-refractivity contribution in [2.75, 3.05) is 20.2 Å². The second-order valence-electron chi connectivity index (χ2n) is 7.04. The lowest BCUT2D eigenvalue weighted by molar-refractivity contribution is -0.121. The standard InChI is InChI=1S/C20H25N3O4/c1-13(14-7-9-23(10-8-14)20(26)27-2)21-18(24)12-16-11-15-5-3-4-6-17(15)22-19(16)25/h3-6,11,13-14H,7-10,12H2,1-2H3,(H,21,24)(H,22,25). The molecule has 0 aliphatic carbocycles. The zero-order chi connectivity index (χ0) is 19.4. The smallest absolute Gasteiger partial charge is 0.409 e. The van der Waals surface area contributed by atoms with Crippen molar-refractivity contribution < 1.29 is 14.3 Å². The molecule has 1 saturated heterocycles. The number of hydrogen-bond acceptors (Lipinski definition) is 4. The van der Waals surface area contributed by atoms with Crippen LogP contribution in [0.2, 0.25) is 0 Å². The van der Waals surface area contributed by atoms with Crippen LogP contribution in [0, 0.1) is 5.92 Å². The SMILES string of the molecule is COC(=O)N1CCC(C(C)NC(=O)Cc2cc3ccccc3[nH]c2=O)CC1. The first kappa shape index (κ1) is 18.9. The number of amides is 2. The number of ether oxygens (including phenoxy) is 1. The molecule has 3 rings (SSSR count). The predicted octanol–water partition coefficient (Wildman–Crippen LogP) is 2.05. The minimum Gasteiger partial charge on any atom is -0.453 e. The van der Waals surface area contributed by atoms with Crippen LogP contribution >= 0.6 is 0 Å². The van der Waals surface area contributed by atoms with Crippen molar-refractivity contribution >= 4 is 22.9 Å². The number of fused-ring (bicyclic) bond motifs is 1. The molecule has 2 aromatic rings. The molecule has 1 unspecified atom stereocenters. The van der Waals surface area contributed by atoms with E-state index in [-0.39, 0.29) is 30.0 Å². The van der Waals surface area contributed by atoms with Gasteiger partial charge in [0.1, 0.15) is 0 Å². The van der Waals surface area contributed by atoms with Crippen LogP contribution in [0.4, 0.5) is 4.79 Å². The highest BCUT2D eigenvalue weighted by Crippen LogP contribution is 2.21. The first-order valence-electron chi connectivity index (χ1n) is 9.21. The molecule has 27 heavy (non-hydrogen) atoms. The molecule has 1 aliphatic heterocycles. The summed E-state index contributed by atoms with van der Waals surface area (Å²) in [6, 6.07) is 9.25. The molecule has 1 aromatic heterocycles. The quantitative estimate of drug-likeness (QED) is 0.860. The number of pyridine rings is 1. The minimum atomic E-state index is -0.305. The first-order chi connectivity index (χ1) is 13.0. The lowest BCUT2D eigenvalue weighted by atomic mass is 9.90. The Bertz CT molecular complexity index is 884. The molecule has 0 spiro atoms. The van der Waals surface area contributed by atoms with Crippen molar-refractivity contribution in [3.63, 3.8) is 0 Å². The van der Waals surface area contributed by atoms with Crippen molar-refractivity contribution in [2.45, 2.75) is 32.2 Å². The van der Waals surface area contributed by atoms with Crippen LogP contribution in [0.3, 0.4) is 0 Å². The molecule has 7 nitrogen and oxygen atoms in total. The number of piperidine rings is 1. The highest BCUT2D eigenvalue weighted by Gasteiger charge is 2.27. The molecule has 1 aliphatic rings. The summed E-state index contributed by atoms with van der Waals surface area (Å²) in [7, 11) is 1.38. The average molecular weight is 371 g/mol. The summed E-state index contributed by atoms with van der Waals surface area (Å²) in [5.74, 6) is 0.128. The van der Waals surface area contributed by atoms with Gasteiger partial charge in [-0.2, -0.15) is 0 Å². The van der Waals surface area contributed by atoms with Gasteiger partial charge in [0, 0.05) is 30.2 Å². The van der Waals surface area contributed by atoms with E-state index < -0.39 is 0 Å². The fourth-order valence-electron chi connectivity index (χ4n) is 3.63. The van der Waals surface area contributed by atoms with Gasteiger partial charge in [0.15, 0.2) is 0 Å². The number of aromatic nitrogens is 1. The summed E-state index contributed by atoms with van der Waals surface area (Å²) in [4.78, 5) is 40.7. The highest BCUT2D eigenvalue weighted by atomic mass is 16.5. The molecule has 144 valence electrons. The van der Waals surface area contributed by atoms with E-state index >= 15 is 0 Å². The van der Waals surface area contributed by atoms with Gasteiger partial charge in [0.05, 0.1) is 13.5 Å². The van der Waals surface area contributed by atoms with Crippen LogP contribution in [0.5, 0.6) is 0 Å². The molecule has 0 bridgehead atoms.